The number of carbonyl (C=O) groups excluding carboxylic acids is 1. The van der Waals surface area contributed by atoms with Crippen molar-refractivity contribution >= 4 is 46.0 Å². The average Bonchev–Trinajstić information content (AvgIpc) is 3.48. The number of aromatic nitrogens is 1. The number of para-hydroxylation sites is 1. The highest BCUT2D eigenvalue weighted by molar-refractivity contribution is 6.30. The first-order valence-electron chi connectivity index (χ1n) is 15.6. The molecule has 3 atom stereocenters. The first-order chi connectivity index (χ1) is 24.2. The number of fused-ring (bicyclic) bond motifs is 2. The van der Waals surface area contributed by atoms with E-state index in [-0.39, 0.29) is 23.6 Å². The van der Waals surface area contributed by atoms with Crippen LogP contribution in [0.25, 0.3) is 10.9 Å². The minimum absolute atomic E-state index is 0.00575. The molecular weight excluding hydrogens is 725 g/mol. The van der Waals surface area contributed by atoms with E-state index in [1.54, 1.807) is 6.07 Å². The molecule has 0 spiro atoms. The Bertz CT molecular complexity index is 1820. The van der Waals surface area contributed by atoms with Gasteiger partial charge in [-0.3, -0.25) is 4.79 Å². The van der Waals surface area contributed by atoms with Gasteiger partial charge in [0.1, 0.15) is 5.82 Å². The summed E-state index contributed by atoms with van der Waals surface area (Å²) in [4.78, 5) is 39.7. The van der Waals surface area contributed by atoms with E-state index in [9.17, 15) is 35.5 Å². The molecule has 3 aromatic carbocycles. The van der Waals surface area contributed by atoms with Crippen LogP contribution in [0, 0.1) is 11.7 Å². The third-order valence-electron chi connectivity index (χ3n) is 7.95. The topological polar surface area (TPSA) is 126 Å². The van der Waals surface area contributed by atoms with Crippen molar-refractivity contribution < 1.29 is 55.3 Å². The van der Waals surface area contributed by atoms with Crippen molar-refractivity contribution in [3.63, 3.8) is 0 Å². The lowest BCUT2D eigenvalue weighted by Crippen LogP contribution is -2.52. The van der Waals surface area contributed by atoms with Crippen molar-refractivity contribution in [3.8, 4) is 0 Å². The summed E-state index contributed by atoms with van der Waals surface area (Å²) >= 11 is 6.36. The van der Waals surface area contributed by atoms with Crippen LogP contribution in [-0.2, 0) is 27.3 Å². The van der Waals surface area contributed by atoms with Crippen LogP contribution in [0.5, 0.6) is 0 Å². The SMILES string of the molecule is CC(c1c[nH]c2ccccc12)C(NCc1cccc(F)c1)C(=O)N1C[C@@H](CN(C)C)Cc2cc(Cl)ccc21.O=C(O)C(F)(F)F.O=C(O)C(F)(F)F. The van der Waals surface area contributed by atoms with Crippen LogP contribution in [0.15, 0.2) is 72.9 Å². The van der Waals surface area contributed by atoms with E-state index in [1.807, 2.05) is 53.6 Å². The van der Waals surface area contributed by atoms with Crippen LogP contribution in [0.2, 0.25) is 5.02 Å². The number of amides is 1. The number of halogens is 8. The second-order valence-corrected chi connectivity index (χ2v) is 12.7. The van der Waals surface area contributed by atoms with Gasteiger partial charge in [-0.25, -0.2) is 14.0 Å². The lowest BCUT2D eigenvalue weighted by atomic mass is 9.88. The highest BCUT2D eigenvalue weighted by atomic mass is 35.5. The van der Waals surface area contributed by atoms with Crippen molar-refractivity contribution in [2.24, 2.45) is 5.92 Å². The zero-order valence-corrected chi connectivity index (χ0v) is 28.8. The number of anilines is 1. The number of alkyl halides is 6. The second-order valence-electron chi connectivity index (χ2n) is 12.2. The third-order valence-corrected chi connectivity index (χ3v) is 8.18. The normalized spacial score (nSPS) is 15.5. The maximum atomic E-state index is 14.5. The monoisotopic (exact) mass is 760 g/mol. The Morgan fingerprint density at radius 1 is 0.962 bits per heavy atom. The molecule has 2 unspecified atom stereocenters. The van der Waals surface area contributed by atoms with Crippen LogP contribution in [-0.4, -0.2) is 83.5 Å². The van der Waals surface area contributed by atoms with E-state index < -0.39 is 30.3 Å². The molecule has 4 aromatic rings. The molecule has 5 rings (SSSR count). The van der Waals surface area contributed by atoms with E-state index in [0.717, 1.165) is 46.2 Å². The van der Waals surface area contributed by atoms with Crippen LogP contribution in [0.3, 0.4) is 0 Å². The van der Waals surface area contributed by atoms with Crippen molar-refractivity contribution in [2.75, 3.05) is 32.1 Å². The number of benzene rings is 3. The number of rotatable bonds is 8. The largest absolute Gasteiger partial charge is 0.490 e. The van der Waals surface area contributed by atoms with Crippen molar-refractivity contribution in [1.82, 2.24) is 15.2 Å². The number of hydrogen-bond donors (Lipinski definition) is 4. The fraction of sp³-hybridized carbons (Fsp3) is 0.343. The molecule has 4 N–H and O–H groups in total. The van der Waals surface area contributed by atoms with Gasteiger partial charge in [-0.2, -0.15) is 26.3 Å². The van der Waals surface area contributed by atoms with E-state index in [1.165, 1.54) is 12.1 Å². The Labute approximate surface area is 299 Å². The Balaban J connectivity index is 0.000000441. The van der Waals surface area contributed by atoms with Gasteiger partial charge in [-0.05, 0) is 79.5 Å². The standard InChI is InChI=1S/C31H34ClFN4O.2C2HF3O2/c1-20(27-17-34-28-10-5-4-9-26(27)28)30(35-16-21-7-6-8-25(33)14-21)31(38)37-19-22(18-36(2)3)13-23-15-24(32)11-12-29(23)37;2*3-2(4,5)1(6)7/h4-12,14-15,17,20,22,30,34-35H,13,16,18-19H2,1-3H3;2*(H,6,7)/t20?,22-,30?;;/m1../s1. The molecule has 0 bridgehead atoms. The maximum absolute atomic E-state index is 14.5. The molecule has 1 aliphatic rings. The van der Waals surface area contributed by atoms with Gasteiger partial charge < -0.3 is 30.3 Å². The molecule has 52 heavy (non-hydrogen) atoms. The zero-order chi connectivity index (χ0) is 39.0. The van der Waals surface area contributed by atoms with Gasteiger partial charge in [0.25, 0.3) is 0 Å². The van der Waals surface area contributed by atoms with Crippen LogP contribution in [0.4, 0.5) is 36.4 Å². The molecule has 1 aliphatic heterocycles. The van der Waals surface area contributed by atoms with Gasteiger partial charge in [0.05, 0.1) is 6.04 Å². The van der Waals surface area contributed by atoms with Gasteiger partial charge in [-0.15, -0.1) is 0 Å². The number of aromatic amines is 1. The van der Waals surface area contributed by atoms with Gasteiger partial charge in [-0.1, -0.05) is 48.9 Å². The number of H-pyrrole nitrogens is 1. The Kier molecular flexibility index (Phi) is 14.2. The Morgan fingerprint density at radius 3 is 2.15 bits per heavy atom. The first-order valence-corrected chi connectivity index (χ1v) is 15.9. The predicted molar refractivity (Wildman–Crippen MR) is 181 cm³/mol. The van der Waals surface area contributed by atoms with E-state index in [0.29, 0.717) is 18.1 Å². The quantitative estimate of drug-likeness (QED) is 0.139. The summed E-state index contributed by atoms with van der Waals surface area (Å²) in [7, 11) is 4.12. The van der Waals surface area contributed by atoms with Crippen LogP contribution < -0.4 is 10.2 Å². The number of carboxylic acid groups (broad SMARTS) is 2. The van der Waals surface area contributed by atoms with Gasteiger partial charge in [0.15, 0.2) is 0 Å². The summed E-state index contributed by atoms with van der Waals surface area (Å²) < 4.78 is 77.4. The molecule has 0 saturated heterocycles. The Hall–Kier alpha value is -4.67. The number of carboxylic acids is 2. The van der Waals surface area contributed by atoms with E-state index in [4.69, 9.17) is 31.4 Å². The predicted octanol–water partition coefficient (Wildman–Crippen LogP) is 7.26. The summed E-state index contributed by atoms with van der Waals surface area (Å²) in [6, 6.07) is 19.9. The molecule has 2 heterocycles. The van der Waals surface area contributed by atoms with Gasteiger partial charge in [0.2, 0.25) is 5.91 Å². The second kappa shape index (κ2) is 17.7. The zero-order valence-electron chi connectivity index (χ0n) is 28.0. The first kappa shape index (κ1) is 41.7. The molecule has 1 amide bonds. The fourth-order valence-corrected chi connectivity index (χ4v) is 5.93. The minimum Gasteiger partial charge on any atom is -0.475 e. The molecule has 0 radical (unpaired) electrons. The van der Waals surface area contributed by atoms with E-state index >= 15 is 0 Å². The smallest absolute Gasteiger partial charge is 0.475 e. The number of nitrogens with zero attached hydrogens (tertiary/aromatic N) is 2. The average molecular weight is 761 g/mol. The van der Waals surface area contributed by atoms with E-state index in [2.05, 4.69) is 42.3 Å². The molecular formula is C35H36ClF7N4O5. The summed E-state index contributed by atoms with van der Waals surface area (Å²) in [5, 5.41) is 19.5. The molecule has 9 nitrogen and oxygen atoms in total. The van der Waals surface area contributed by atoms with Crippen LogP contribution >= 0.6 is 11.6 Å². The molecule has 0 fully saturated rings. The number of aliphatic carboxylic acids is 2. The number of hydrogen-bond acceptors (Lipinski definition) is 5. The van der Waals surface area contributed by atoms with Crippen molar-refractivity contribution in [3.05, 3.63) is 100 Å². The molecule has 0 saturated carbocycles. The molecule has 1 aromatic heterocycles. The maximum Gasteiger partial charge on any atom is 0.490 e. The summed E-state index contributed by atoms with van der Waals surface area (Å²) in [5.41, 5.74) is 4.91. The van der Waals surface area contributed by atoms with Crippen molar-refractivity contribution in [1.29, 1.82) is 0 Å². The summed E-state index contributed by atoms with van der Waals surface area (Å²) in [6.07, 6.45) is -7.30. The summed E-state index contributed by atoms with van der Waals surface area (Å²) in [6.45, 7) is 3.96. The lowest BCUT2D eigenvalue weighted by molar-refractivity contribution is -0.193. The lowest BCUT2D eigenvalue weighted by Gasteiger charge is -2.39. The summed E-state index contributed by atoms with van der Waals surface area (Å²) in [5.74, 6) is -5.65. The van der Waals surface area contributed by atoms with Gasteiger partial charge >= 0.3 is 24.3 Å². The Morgan fingerprint density at radius 2 is 1.58 bits per heavy atom. The highest BCUT2D eigenvalue weighted by Crippen LogP contribution is 2.35. The van der Waals surface area contributed by atoms with Gasteiger partial charge in [0, 0.05) is 53.4 Å². The van der Waals surface area contributed by atoms with Crippen molar-refractivity contribution in [2.45, 2.75) is 44.2 Å². The highest BCUT2D eigenvalue weighted by Gasteiger charge is 2.39. The molecule has 282 valence electrons. The fourth-order valence-electron chi connectivity index (χ4n) is 5.73. The minimum atomic E-state index is -5.08. The number of carbonyl (C=O) groups is 3. The molecule has 0 aliphatic carbocycles. The third kappa shape index (κ3) is 11.7. The molecule has 17 heteroatoms. The van der Waals surface area contributed by atoms with Crippen LogP contribution in [0.1, 0.15) is 29.5 Å². The number of nitrogens with one attached hydrogen (secondary N) is 2.